The van der Waals surface area contributed by atoms with Crippen LogP contribution in [-0.4, -0.2) is 26.8 Å². The first-order valence-corrected chi connectivity index (χ1v) is 6.21. The topological polar surface area (TPSA) is 84.2 Å². The number of nitrogens with one attached hydrogen (secondary N) is 1. The quantitative estimate of drug-likeness (QED) is 0.846. The maximum Gasteiger partial charge on any atom is 0.435 e. The molecule has 1 aromatic carbocycles. The molecular formula is C14H10F3N3O3. The maximum atomic E-state index is 12.5. The smallest absolute Gasteiger partial charge is 0.435 e. The van der Waals surface area contributed by atoms with Gasteiger partial charge < -0.3 is 10.4 Å². The van der Waals surface area contributed by atoms with E-state index in [4.69, 9.17) is 5.11 Å². The molecule has 0 unspecified atom stereocenters. The second-order valence-electron chi connectivity index (χ2n) is 4.35. The lowest BCUT2D eigenvalue weighted by molar-refractivity contribution is -0.141. The van der Waals surface area contributed by atoms with E-state index in [1.807, 2.05) is 0 Å². The summed E-state index contributed by atoms with van der Waals surface area (Å²) in [6.45, 7) is 0. The number of halogens is 3. The van der Waals surface area contributed by atoms with Gasteiger partial charge in [0.25, 0.3) is 0 Å². The van der Waals surface area contributed by atoms with Crippen molar-refractivity contribution in [1.29, 1.82) is 0 Å². The number of carboxylic acids is 1. The molecule has 2 N–H and O–H groups in total. The van der Waals surface area contributed by atoms with Crippen LogP contribution in [0.4, 0.5) is 18.9 Å². The monoisotopic (exact) mass is 325 g/mol. The number of hydrogen-bond acceptors (Lipinski definition) is 3. The SMILES string of the molecule is O=C(O)C=CC(=O)Nc1ccc(-n2ccc(C(F)(F)F)n2)cc1. The summed E-state index contributed by atoms with van der Waals surface area (Å²) in [7, 11) is 0. The molecule has 6 nitrogen and oxygen atoms in total. The molecule has 0 atom stereocenters. The molecule has 1 heterocycles. The number of carboxylic acid groups (broad SMARTS) is 1. The fourth-order valence-corrected chi connectivity index (χ4v) is 1.65. The average molecular weight is 325 g/mol. The standard InChI is InChI=1S/C14H10F3N3O3/c15-14(16,17)11-7-8-20(19-11)10-3-1-9(2-4-10)18-12(21)5-6-13(22)23/h1-8H,(H,18,21)(H,22,23). The van der Waals surface area contributed by atoms with Gasteiger partial charge >= 0.3 is 12.1 Å². The third kappa shape index (κ3) is 4.43. The Kier molecular flexibility index (Phi) is 4.49. The second-order valence-corrected chi connectivity index (χ2v) is 4.35. The molecule has 0 spiro atoms. The molecule has 1 amide bonds. The lowest BCUT2D eigenvalue weighted by atomic mass is 10.3. The Morgan fingerprint density at radius 2 is 1.78 bits per heavy atom. The van der Waals surface area contributed by atoms with Crippen molar-refractivity contribution in [2.45, 2.75) is 6.18 Å². The maximum absolute atomic E-state index is 12.5. The molecule has 0 saturated heterocycles. The van der Waals surface area contributed by atoms with Crippen molar-refractivity contribution >= 4 is 17.6 Å². The molecule has 0 aliphatic rings. The van der Waals surface area contributed by atoms with Crippen LogP contribution < -0.4 is 5.32 Å². The second kappa shape index (κ2) is 6.34. The van der Waals surface area contributed by atoms with Gasteiger partial charge in [-0.2, -0.15) is 18.3 Å². The van der Waals surface area contributed by atoms with E-state index >= 15 is 0 Å². The number of anilines is 1. The molecule has 9 heteroatoms. The van der Waals surface area contributed by atoms with Gasteiger partial charge in [0, 0.05) is 24.0 Å². The van der Waals surface area contributed by atoms with Crippen molar-refractivity contribution in [3.8, 4) is 5.69 Å². The van der Waals surface area contributed by atoms with Crippen LogP contribution in [0, 0.1) is 0 Å². The number of carbonyl (C=O) groups excluding carboxylic acids is 1. The molecule has 0 radical (unpaired) electrons. The molecule has 0 fully saturated rings. The van der Waals surface area contributed by atoms with E-state index in [1.165, 1.54) is 30.5 Å². The number of nitrogens with zero attached hydrogens (tertiary/aromatic N) is 2. The van der Waals surface area contributed by atoms with Crippen LogP contribution in [0.25, 0.3) is 5.69 Å². The number of benzene rings is 1. The number of amides is 1. The lowest BCUT2D eigenvalue weighted by Crippen LogP contribution is -2.09. The third-order valence-electron chi connectivity index (χ3n) is 2.66. The fraction of sp³-hybridized carbons (Fsp3) is 0.0714. The highest BCUT2D eigenvalue weighted by atomic mass is 19.4. The first-order chi connectivity index (χ1) is 10.8. The van der Waals surface area contributed by atoms with Crippen LogP contribution in [0.1, 0.15) is 5.69 Å². The Morgan fingerprint density at radius 1 is 1.13 bits per heavy atom. The van der Waals surface area contributed by atoms with E-state index in [1.54, 1.807) is 0 Å². The van der Waals surface area contributed by atoms with Crippen LogP contribution in [-0.2, 0) is 15.8 Å². The van der Waals surface area contributed by atoms with Gasteiger partial charge in [0.15, 0.2) is 5.69 Å². The normalized spacial score (nSPS) is 11.6. The van der Waals surface area contributed by atoms with Crippen molar-refractivity contribution in [1.82, 2.24) is 9.78 Å². The first-order valence-electron chi connectivity index (χ1n) is 6.21. The molecule has 2 aromatic rings. The number of aromatic nitrogens is 2. The van der Waals surface area contributed by atoms with Gasteiger partial charge in [0.1, 0.15) is 0 Å². The third-order valence-corrected chi connectivity index (χ3v) is 2.66. The minimum Gasteiger partial charge on any atom is -0.478 e. The summed E-state index contributed by atoms with van der Waals surface area (Å²) in [6, 6.07) is 6.69. The minimum atomic E-state index is -4.52. The number of alkyl halides is 3. The Morgan fingerprint density at radius 3 is 2.30 bits per heavy atom. The van der Waals surface area contributed by atoms with E-state index in [2.05, 4.69) is 10.4 Å². The van der Waals surface area contributed by atoms with Crippen LogP contribution in [0.3, 0.4) is 0 Å². The van der Waals surface area contributed by atoms with Gasteiger partial charge in [-0.3, -0.25) is 4.79 Å². The Hall–Kier alpha value is -3.10. The summed E-state index contributed by atoms with van der Waals surface area (Å²) in [5, 5.41) is 14.2. The zero-order valence-corrected chi connectivity index (χ0v) is 11.4. The molecule has 0 bridgehead atoms. The molecule has 23 heavy (non-hydrogen) atoms. The number of aliphatic carboxylic acids is 1. The summed E-state index contributed by atoms with van der Waals surface area (Å²) < 4.78 is 38.5. The molecular weight excluding hydrogens is 315 g/mol. The highest BCUT2D eigenvalue weighted by Crippen LogP contribution is 2.27. The summed E-state index contributed by atoms with van der Waals surface area (Å²) in [5.41, 5.74) is -0.273. The van der Waals surface area contributed by atoms with Gasteiger partial charge in [0.05, 0.1) is 5.69 Å². The van der Waals surface area contributed by atoms with Crippen molar-refractivity contribution in [2.75, 3.05) is 5.32 Å². The van der Waals surface area contributed by atoms with Gasteiger partial charge in [-0.15, -0.1) is 0 Å². The van der Waals surface area contributed by atoms with Crippen LogP contribution in [0.2, 0.25) is 0 Å². The number of carbonyl (C=O) groups is 2. The predicted octanol–water partition coefficient (Wildman–Crippen LogP) is 2.47. The largest absolute Gasteiger partial charge is 0.478 e. The molecule has 1 aromatic heterocycles. The molecule has 0 aliphatic heterocycles. The number of rotatable bonds is 4. The van der Waals surface area contributed by atoms with Crippen molar-refractivity contribution in [3.05, 3.63) is 54.4 Å². The molecule has 120 valence electrons. The van der Waals surface area contributed by atoms with E-state index < -0.39 is 23.7 Å². The molecule has 0 saturated carbocycles. The first kappa shape index (κ1) is 16.3. The average Bonchev–Trinajstić information content (AvgIpc) is 2.96. The predicted molar refractivity (Wildman–Crippen MR) is 74.0 cm³/mol. The fourth-order valence-electron chi connectivity index (χ4n) is 1.65. The number of hydrogen-bond donors (Lipinski definition) is 2. The van der Waals surface area contributed by atoms with Crippen molar-refractivity contribution in [3.63, 3.8) is 0 Å². The van der Waals surface area contributed by atoms with Gasteiger partial charge in [-0.05, 0) is 30.3 Å². The van der Waals surface area contributed by atoms with Crippen molar-refractivity contribution in [2.24, 2.45) is 0 Å². The van der Waals surface area contributed by atoms with Crippen molar-refractivity contribution < 1.29 is 27.9 Å². The molecule has 2 rings (SSSR count). The van der Waals surface area contributed by atoms with E-state index in [9.17, 15) is 22.8 Å². The Bertz CT molecular complexity index is 749. The highest BCUT2D eigenvalue weighted by molar-refractivity contribution is 6.02. The van der Waals surface area contributed by atoms with E-state index in [0.29, 0.717) is 17.5 Å². The van der Waals surface area contributed by atoms with Gasteiger partial charge in [-0.25, -0.2) is 9.48 Å². The zero-order chi connectivity index (χ0) is 17.0. The summed E-state index contributed by atoms with van der Waals surface area (Å²) in [4.78, 5) is 21.7. The van der Waals surface area contributed by atoms with Crippen LogP contribution in [0.5, 0.6) is 0 Å². The summed E-state index contributed by atoms with van der Waals surface area (Å²) >= 11 is 0. The zero-order valence-electron chi connectivity index (χ0n) is 11.4. The van der Waals surface area contributed by atoms with Crippen LogP contribution >= 0.6 is 0 Å². The van der Waals surface area contributed by atoms with E-state index in [0.717, 1.165) is 16.8 Å². The minimum absolute atomic E-state index is 0.358. The summed E-state index contributed by atoms with van der Waals surface area (Å²) in [6.07, 6.45) is -1.81. The van der Waals surface area contributed by atoms with Gasteiger partial charge in [0.2, 0.25) is 5.91 Å². The van der Waals surface area contributed by atoms with E-state index in [-0.39, 0.29) is 0 Å². The highest BCUT2D eigenvalue weighted by Gasteiger charge is 2.33. The Labute approximate surface area is 127 Å². The summed E-state index contributed by atoms with van der Waals surface area (Å²) in [5.74, 6) is -1.90. The van der Waals surface area contributed by atoms with Crippen LogP contribution in [0.15, 0.2) is 48.7 Å². The van der Waals surface area contributed by atoms with Gasteiger partial charge in [-0.1, -0.05) is 0 Å². The lowest BCUT2D eigenvalue weighted by Gasteiger charge is -2.05. The Balaban J connectivity index is 2.09. The molecule has 0 aliphatic carbocycles.